The third kappa shape index (κ3) is 2.25. The summed E-state index contributed by atoms with van der Waals surface area (Å²) in [5.41, 5.74) is 0.562. The van der Waals surface area contributed by atoms with E-state index in [1.807, 2.05) is 0 Å². The Morgan fingerprint density at radius 3 is 3.09 bits per heavy atom. The number of amides is 2. The lowest BCUT2D eigenvalue weighted by Crippen LogP contribution is -2.24. The van der Waals surface area contributed by atoms with Crippen molar-refractivity contribution < 1.29 is 4.79 Å². The van der Waals surface area contributed by atoms with E-state index in [-0.39, 0.29) is 6.03 Å². The minimum Gasteiger partial charge on any atom is -0.341 e. The normalized spacial score (nSPS) is 8.82. The fourth-order valence-corrected chi connectivity index (χ4v) is 0.578. The number of aromatic nitrogens is 1. The van der Waals surface area contributed by atoms with Crippen LogP contribution in [0.2, 0.25) is 0 Å². The molecule has 0 atom stereocenters. The molecule has 4 heteroatoms. The van der Waals surface area contributed by atoms with Crippen molar-refractivity contribution in [3.63, 3.8) is 0 Å². The highest BCUT2D eigenvalue weighted by molar-refractivity contribution is 5.88. The largest absolute Gasteiger partial charge is 0.341 e. The molecule has 1 rings (SSSR count). The van der Waals surface area contributed by atoms with Gasteiger partial charge in [0.05, 0.1) is 11.9 Å². The number of hydrogen-bond acceptors (Lipinski definition) is 2. The highest BCUT2D eigenvalue weighted by atomic mass is 16.2. The summed E-state index contributed by atoms with van der Waals surface area (Å²) < 4.78 is 0. The number of nitrogens with one attached hydrogen (secondary N) is 2. The van der Waals surface area contributed by atoms with E-state index in [9.17, 15) is 4.79 Å². The molecule has 1 aromatic rings. The first-order valence-corrected chi connectivity index (χ1v) is 3.13. The van der Waals surface area contributed by atoms with Crippen LogP contribution in [0.4, 0.5) is 10.5 Å². The van der Waals surface area contributed by atoms with Crippen molar-refractivity contribution in [2.45, 2.75) is 0 Å². The zero-order valence-electron chi connectivity index (χ0n) is 6.09. The topological polar surface area (TPSA) is 54.0 Å². The number of anilines is 1. The van der Waals surface area contributed by atoms with Crippen LogP contribution in [0, 0.1) is 6.07 Å². The molecule has 0 aromatic carbocycles. The predicted octanol–water partition coefficient (Wildman–Crippen LogP) is 0.633. The first-order valence-electron chi connectivity index (χ1n) is 3.13. The summed E-state index contributed by atoms with van der Waals surface area (Å²) in [5.74, 6) is 0. The van der Waals surface area contributed by atoms with E-state index in [2.05, 4.69) is 21.7 Å². The third-order valence-corrected chi connectivity index (χ3v) is 1.08. The Bertz CT molecular complexity index is 235. The average Bonchev–Trinajstić information content (AvgIpc) is 2.06. The van der Waals surface area contributed by atoms with Gasteiger partial charge in [-0.2, -0.15) is 0 Å². The summed E-state index contributed by atoms with van der Waals surface area (Å²) in [4.78, 5) is 14.5. The van der Waals surface area contributed by atoms with Crippen molar-refractivity contribution >= 4 is 11.7 Å². The predicted molar refractivity (Wildman–Crippen MR) is 41.2 cm³/mol. The van der Waals surface area contributed by atoms with E-state index in [1.54, 1.807) is 19.3 Å². The van der Waals surface area contributed by atoms with Gasteiger partial charge in [0.25, 0.3) is 0 Å². The lowest BCUT2D eigenvalue weighted by atomic mass is 10.4. The summed E-state index contributed by atoms with van der Waals surface area (Å²) in [6.45, 7) is 0. The number of carbonyl (C=O) groups excluding carboxylic acids is 1. The molecule has 1 radical (unpaired) electrons. The van der Waals surface area contributed by atoms with E-state index in [0.717, 1.165) is 0 Å². The Balaban J connectivity index is 2.58. The minimum atomic E-state index is -0.269. The van der Waals surface area contributed by atoms with Crippen LogP contribution in [-0.2, 0) is 0 Å². The van der Waals surface area contributed by atoms with Gasteiger partial charge in [-0.05, 0) is 6.07 Å². The van der Waals surface area contributed by atoms with Crippen molar-refractivity contribution in [2.24, 2.45) is 0 Å². The van der Waals surface area contributed by atoms with Crippen LogP contribution in [-0.4, -0.2) is 18.1 Å². The van der Waals surface area contributed by atoms with Crippen LogP contribution in [0.25, 0.3) is 0 Å². The Hall–Kier alpha value is -1.58. The van der Waals surface area contributed by atoms with Gasteiger partial charge in [0.1, 0.15) is 0 Å². The van der Waals surface area contributed by atoms with Gasteiger partial charge in [-0.15, -0.1) is 0 Å². The van der Waals surface area contributed by atoms with Crippen LogP contribution in [0.5, 0.6) is 0 Å². The maximum Gasteiger partial charge on any atom is 0.319 e. The monoisotopic (exact) mass is 150 g/mol. The highest BCUT2D eigenvalue weighted by Crippen LogP contribution is 1.99. The summed E-state index contributed by atoms with van der Waals surface area (Å²) in [7, 11) is 1.55. The summed E-state index contributed by atoms with van der Waals surface area (Å²) >= 11 is 0. The molecule has 0 bridgehead atoms. The summed E-state index contributed by atoms with van der Waals surface area (Å²) in [6.07, 6.45) is 3.12. The van der Waals surface area contributed by atoms with E-state index >= 15 is 0 Å². The SMILES string of the molecule is CNC(=O)Nc1[c]ccnc1. The van der Waals surface area contributed by atoms with E-state index < -0.39 is 0 Å². The summed E-state index contributed by atoms with van der Waals surface area (Å²) in [6, 6.07) is 4.16. The second kappa shape index (κ2) is 3.55. The number of rotatable bonds is 1. The Kier molecular flexibility index (Phi) is 2.43. The maximum atomic E-state index is 10.7. The molecular weight excluding hydrogens is 142 g/mol. The van der Waals surface area contributed by atoms with Crippen molar-refractivity contribution in [3.8, 4) is 0 Å². The lowest BCUT2D eigenvalue weighted by molar-refractivity contribution is 0.254. The number of hydrogen-bond donors (Lipinski definition) is 2. The zero-order valence-corrected chi connectivity index (χ0v) is 6.09. The van der Waals surface area contributed by atoms with Crippen LogP contribution in [0.1, 0.15) is 0 Å². The number of pyridine rings is 1. The van der Waals surface area contributed by atoms with Gasteiger partial charge in [0.15, 0.2) is 0 Å². The fourth-order valence-electron chi connectivity index (χ4n) is 0.578. The quantitative estimate of drug-likeness (QED) is 0.617. The van der Waals surface area contributed by atoms with Gasteiger partial charge in [-0.3, -0.25) is 4.98 Å². The molecule has 0 unspecified atom stereocenters. The van der Waals surface area contributed by atoms with Gasteiger partial charge >= 0.3 is 6.03 Å². The molecule has 1 aromatic heterocycles. The van der Waals surface area contributed by atoms with Gasteiger partial charge in [-0.25, -0.2) is 4.79 Å². The molecular formula is C7H8N3O. The number of nitrogens with zero attached hydrogens (tertiary/aromatic N) is 1. The van der Waals surface area contributed by atoms with Gasteiger partial charge in [0, 0.05) is 19.3 Å². The van der Waals surface area contributed by atoms with Crippen molar-refractivity contribution in [1.82, 2.24) is 10.3 Å². The maximum absolute atomic E-state index is 10.7. The molecule has 57 valence electrons. The lowest BCUT2D eigenvalue weighted by Gasteiger charge is -2.00. The Morgan fingerprint density at radius 1 is 1.73 bits per heavy atom. The van der Waals surface area contributed by atoms with E-state index in [4.69, 9.17) is 0 Å². The molecule has 2 N–H and O–H groups in total. The van der Waals surface area contributed by atoms with Gasteiger partial charge < -0.3 is 10.6 Å². The Morgan fingerprint density at radius 2 is 2.55 bits per heavy atom. The smallest absolute Gasteiger partial charge is 0.319 e. The van der Waals surface area contributed by atoms with Gasteiger partial charge in [0.2, 0.25) is 0 Å². The first kappa shape index (κ1) is 7.53. The molecule has 0 aliphatic heterocycles. The highest BCUT2D eigenvalue weighted by Gasteiger charge is 1.95. The standard InChI is InChI=1S/C7H8N3O/c1-8-7(11)10-6-3-2-4-9-5-6/h2,4-5H,1H3,(H2,8,10,11). The van der Waals surface area contributed by atoms with Crippen molar-refractivity contribution in [2.75, 3.05) is 12.4 Å². The van der Waals surface area contributed by atoms with E-state index in [0.29, 0.717) is 5.69 Å². The second-order valence-corrected chi connectivity index (χ2v) is 1.86. The van der Waals surface area contributed by atoms with Gasteiger partial charge in [-0.1, -0.05) is 0 Å². The van der Waals surface area contributed by atoms with Crippen molar-refractivity contribution in [3.05, 3.63) is 24.5 Å². The molecule has 2 amide bonds. The molecule has 0 saturated carbocycles. The molecule has 0 saturated heterocycles. The third-order valence-electron chi connectivity index (χ3n) is 1.08. The van der Waals surface area contributed by atoms with Crippen LogP contribution < -0.4 is 10.6 Å². The van der Waals surface area contributed by atoms with Crippen LogP contribution in [0.15, 0.2) is 18.5 Å². The molecule has 1 heterocycles. The molecule has 11 heavy (non-hydrogen) atoms. The molecule has 0 fully saturated rings. The summed E-state index contributed by atoms with van der Waals surface area (Å²) in [5, 5.41) is 4.94. The number of urea groups is 1. The fraction of sp³-hybridized carbons (Fsp3) is 0.143. The molecule has 0 spiro atoms. The molecule has 0 aliphatic carbocycles. The average molecular weight is 150 g/mol. The number of carbonyl (C=O) groups is 1. The minimum absolute atomic E-state index is 0.269. The molecule has 4 nitrogen and oxygen atoms in total. The van der Waals surface area contributed by atoms with Crippen molar-refractivity contribution in [1.29, 1.82) is 0 Å². The zero-order chi connectivity index (χ0) is 8.10. The molecule has 0 aliphatic rings. The van der Waals surface area contributed by atoms with Crippen LogP contribution >= 0.6 is 0 Å². The Labute approximate surface area is 64.6 Å². The van der Waals surface area contributed by atoms with Crippen LogP contribution in [0.3, 0.4) is 0 Å². The van der Waals surface area contributed by atoms with E-state index in [1.165, 1.54) is 6.20 Å². The first-order chi connectivity index (χ1) is 5.33. The second-order valence-electron chi connectivity index (χ2n) is 1.86.